The lowest BCUT2D eigenvalue weighted by molar-refractivity contribution is -0.145. The second kappa shape index (κ2) is 2.53. The highest BCUT2D eigenvalue weighted by molar-refractivity contribution is 6.34. The molecule has 0 bridgehead atoms. The number of carbonyl (C=O) groups is 1. The van der Waals surface area contributed by atoms with Crippen LogP contribution in [0.2, 0.25) is 0 Å². The molecule has 0 fully saturated rings. The maximum Gasteiger partial charge on any atom is 0.387 e. The standard InChI is InChI=1S/C8H6ClNO3/c9-8(7(11)12)10-5-3-1-2-4-6(5)13-8/h1-4,10H,(H,11,12). The number of carboxylic acids is 1. The van der Waals surface area contributed by atoms with Gasteiger partial charge in [-0.15, -0.1) is 0 Å². The predicted octanol–water partition coefficient (Wildman–Crippen LogP) is 1.47. The van der Waals surface area contributed by atoms with Gasteiger partial charge in [0.1, 0.15) is 5.75 Å². The van der Waals surface area contributed by atoms with Crippen LogP contribution < -0.4 is 10.1 Å². The van der Waals surface area contributed by atoms with Gasteiger partial charge >= 0.3 is 11.2 Å². The zero-order valence-corrected chi connectivity index (χ0v) is 7.21. The maximum absolute atomic E-state index is 10.7. The van der Waals surface area contributed by atoms with Crippen LogP contribution in [-0.2, 0) is 4.79 Å². The Morgan fingerprint density at radius 1 is 1.54 bits per heavy atom. The van der Waals surface area contributed by atoms with E-state index in [1.165, 1.54) is 0 Å². The summed E-state index contributed by atoms with van der Waals surface area (Å²) < 4.78 is 5.01. The van der Waals surface area contributed by atoms with Gasteiger partial charge in [0.05, 0.1) is 5.69 Å². The largest absolute Gasteiger partial charge is 0.476 e. The Balaban J connectivity index is 2.37. The molecule has 1 unspecified atom stereocenters. The van der Waals surface area contributed by atoms with E-state index in [4.69, 9.17) is 21.4 Å². The zero-order valence-electron chi connectivity index (χ0n) is 6.45. The third-order valence-corrected chi connectivity index (χ3v) is 2.04. The minimum Gasteiger partial charge on any atom is -0.476 e. The van der Waals surface area contributed by atoms with Gasteiger partial charge in [0, 0.05) is 0 Å². The predicted molar refractivity (Wildman–Crippen MR) is 46.9 cm³/mol. The van der Waals surface area contributed by atoms with Crippen LogP contribution in [0.5, 0.6) is 5.75 Å². The summed E-state index contributed by atoms with van der Waals surface area (Å²) in [5.41, 5.74) is 0.583. The number of alkyl halides is 1. The fraction of sp³-hybridized carbons (Fsp3) is 0.125. The number of fused-ring (bicyclic) bond motifs is 1. The average Bonchev–Trinajstić information content (AvgIpc) is 2.42. The van der Waals surface area contributed by atoms with Crippen molar-refractivity contribution in [3.8, 4) is 5.75 Å². The van der Waals surface area contributed by atoms with Crippen LogP contribution in [0.4, 0.5) is 5.69 Å². The SMILES string of the molecule is O=C(O)C1(Cl)Nc2ccccc2O1. The summed E-state index contributed by atoms with van der Waals surface area (Å²) in [6, 6.07) is 6.85. The van der Waals surface area contributed by atoms with E-state index in [2.05, 4.69) is 5.32 Å². The molecule has 0 saturated carbocycles. The lowest BCUT2D eigenvalue weighted by Gasteiger charge is -2.15. The van der Waals surface area contributed by atoms with Gasteiger partial charge in [-0.2, -0.15) is 0 Å². The van der Waals surface area contributed by atoms with Crippen LogP contribution in [-0.4, -0.2) is 16.3 Å². The number of benzene rings is 1. The molecule has 0 aliphatic carbocycles. The zero-order chi connectivity index (χ0) is 9.47. The molecule has 5 heteroatoms. The van der Waals surface area contributed by atoms with E-state index in [0.717, 1.165) is 0 Å². The van der Waals surface area contributed by atoms with Gasteiger partial charge in [-0.3, -0.25) is 0 Å². The lowest BCUT2D eigenvalue weighted by Crippen LogP contribution is -2.42. The molecule has 1 heterocycles. The molecule has 68 valence electrons. The first-order chi connectivity index (χ1) is 6.12. The van der Waals surface area contributed by atoms with E-state index in [9.17, 15) is 4.79 Å². The highest BCUT2D eigenvalue weighted by Crippen LogP contribution is 2.38. The normalized spacial score (nSPS) is 24.4. The summed E-state index contributed by atoms with van der Waals surface area (Å²) in [5, 5.41) is 9.42. The molecular weight excluding hydrogens is 194 g/mol. The molecule has 0 radical (unpaired) electrons. The number of nitrogens with one attached hydrogen (secondary N) is 1. The number of para-hydroxylation sites is 2. The van der Waals surface area contributed by atoms with Crippen molar-refractivity contribution >= 4 is 23.3 Å². The Morgan fingerprint density at radius 2 is 2.23 bits per heavy atom. The molecule has 13 heavy (non-hydrogen) atoms. The summed E-state index contributed by atoms with van der Waals surface area (Å²) >= 11 is 5.64. The molecule has 0 aromatic heterocycles. The van der Waals surface area contributed by atoms with Crippen molar-refractivity contribution in [3.63, 3.8) is 0 Å². The number of rotatable bonds is 1. The molecule has 4 nitrogen and oxygen atoms in total. The second-order valence-electron chi connectivity index (χ2n) is 2.62. The van der Waals surface area contributed by atoms with Gasteiger partial charge in [0.2, 0.25) is 0 Å². The number of anilines is 1. The van der Waals surface area contributed by atoms with Crippen LogP contribution in [0.25, 0.3) is 0 Å². The molecule has 0 saturated heterocycles. The first-order valence-electron chi connectivity index (χ1n) is 3.60. The molecule has 0 spiro atoms. The molecule has 1 aliphatic rings. The molecular formula is C8H6ClNO3. The molecule has 1 atom stereocenters. The Bertz CT molecular complexity index is 341. The van der Waals surface area contributed by atoms with Gasteiger partial charge in [-0.05, 0) is 23.7 Å². The van der Waals surface area contributed by atoms with Gasteiger partial charge in [0.15, 0.2) is 0 Å². The number of ether oxygens (including phenoxy) is 1. The number of hydrogen-bond donors (Lipinski definition) is 2. The Morgan fingerprint density at radius 3 is 2.85 bits per heavy atom. The topological polar surface area (TPSA) is 58.6 Å². The molecule has 2 N–H and O–H groups in total. The molecule has 1 aromatic carbocycles. The summed E-state index contributed by atoms with van der Waals surface area (Å²) in [6.07, 6.45) is 0. The minimum absolute atomic E-state index is 0.444. The lowest BCUT2D eigenvalue weighted by atomic mass is 10.3. The Hall–Kier alpha value is -1.42. The van der Waals surface area contributed by atoms with Crippen molar-refractivity contribution in [2.45, 2.75) is 5.18 Å². The Labute approximate surface area is 79.1 Å². The quantitative estimate of drug-likeness (QED) is 0.531. The summed E-state index contributed by atoms with van der Waals surface area (Å²) in [4.78, 5) is 10.7. The second-order valence-corrected chi connectivity index (χ2v) is 3.16. The Kier molecular flexibility index (Phi) is 1.60. The maximum atomic E-state index is 10.7. The van der Waals surface area contributed by atoms with Gasteiger partial charge in [-0.1, -0.05) is 12.1 Å². The first kappa shape index (κ1) is 8.19. The van der Waals surface area contributed by atoms with Gasteiger partial charge in [-0.25, -0.2) is 4.79 Å². The van der Waals surface area contributed by atoms with Crippen molar-refractivity contribution in [2.75, 3.05) is 5.32 Å². The third-order valence-electron chi connectivity index (χ3n) is 1.71. The summed E-state index contributed by atoms with van der Waals surface area (Å²) in [7, 11) is 0. The minimum atomic E-state index is -1.86. The van der Waals surface area contributed by atoms with Crippen LogP contribution in [0.3, 0.4) is 0 Å². The molecule has 2 rings (SSSR count). The van der Waals surface area contributed by atoms with Crippen molar-refractivity contribution in [3.05, 3.63) is 24.3 Å². The van der Waals surface area contributed by atoms with Crippen LogP contribution >= 0.6 is 11.6 Å². The van der Waals surface area contributed by atoms with Crippen molar-refractivity contribution < 1.29 is 14.6 Å². The number of carboxylic acid groups (broad SMARTS) is 1. The highest BCUT2D eigenvalue weighted by atomic mass is 35.5. The molecule has 1 aliphatic heterocycles. The first-order valence-corrected chi connectivity index (χ1v) is 3.98. The van der Waals surface area contributed by atoms with E-state index in [1.54, 1.807) is 24.3 Å². The van der Waals surface area contributed by atoms with Gasteiger partial charge in [0.25, 0.3) is 0 Å². The van der Waals surface area contributed by atoms with E-state index < -0.39 is 11.2 Å². The van der Waals surface area contributed by atoms with E-state index in [1.807, 2.05) is 0 Å². The number of hydrogen-bond acceptors (Lipinski definition) is 3. The summed E-state index contributed by atoms with van der Waals surface area (Å²) in [6.45, 7) is 0. The summed E-state index contributed by atoms with van der Waals surface area (Å²) in [5.74, 6) is -0.815. The van der Waals surface area contributed by atoms with E-state index >= 15 is 0 Å². The van der Waals surface area contributed by atoms with Crippen molar-refractivity contribution in [2.24, 2.45) is 0 Å². The third kappa shape index (κ3) is 1.19. The fourth-order valence-corrected chi connectivity index (χ4v) is 1.29. The fourth-order valence-electron chi connectivity index (χ4n) is 1.11. The average molecular weight is 200 g/mol. The van der Waals surface area contributed by atoms with Gasteiger partial charge < -0.3 is 15.2 Å². The van der Waals surface area contributed by atoms with Crippen molar-refractivity contribution in [1.29, 1.82) is 0 Å². The smallest absolute Gasteiger partial charge is 0.387 e. The van der Waals surface area contributed by atoms with E-state index in [-0.39, 0.29) is 0 Å². The van der Waals surface area contributed by atoms with Crippen LogP contribution in [0, 0.1) is 0 Å². The monoisotopic (exact) mass is 199 g/mol. The van der Waals surface area contributed by atoms with E-state index in [0.29, 0.717) is 11.4 Å². The molecule has 1 aromatic rings. The van der Waals surface area contributed by atoms with Crippen molar-refractivity contribution in [1.82, 2.24) is 0 Å². The van der Waals surface area contributed by atoms with Crippen LogP contribution in [0.1, 0.15) is 0 Å². The van der Waals surface area contributed by atoms with Crippen LogP contribution in [0.15, 0.2) is 24.3 Å². The highest BCUT2D eigenvalue weighted by Gasteiger charge is 2.44. The number of halogens is 1. The molecule has 0 amide bonds. The number of aliphatic carboxylic acids is 1.